The van der Waals surface area contributed by atoms with Gasteiger partial charge in [0.05, 0.1) is 13.2 Å². The minimum atomic E-state index is -1.67. The lowest BCUT2D eigenvalue weighted by atomic mass is 10.0. The molecule has 8 N–H and O–H groups in total. The lowest BCUT2D eigenvalue weighted by Gasteiger charge is -2.24. The second-order valence-electron chi connectivity index (χ2n) is 3.28. The van der Waals surface area contributed by atoms with Crippen molar-refractivity contribution in [3.63, 3.8) is 0 Å². The number of hydrogen-bond acceptors (Lipinski definition) is 8. The van der Waals surface area contributed by atoms with Crippen molar-refractivity contribution in [2.75, 3.05) is 26.4 Å². The molecule has 0 aliphatic heterocycles. The van der Waals surface area contributed by atoms with E-state index >= 15 is 0 Å². The van der Waals surface area contributed by atoms with Gasteiger partial charge in [-0.3, -0.25) is 0 Å². The largest absolute Gasteiger partial charge is 0.396 e. The van der Waals surface area contributed by atoms with E-state index < -0.39 is 37.6 Å². The fraction of sp³-hybridized carbons (Fsp3) is 1.00. The summed E-state index contributed by atoms with van der Waals surface area (Å²) in [6.45, 7) is -1.26. The normalized spacial score (nSPS) is 17.6. The third-order valence-corrected chi connectivity index (χ3v) is 1.83. The van der Waals surface area contributed by atoms with Crippen LogP contribution in [0.1, 0.15) is 6.42 Å². The maximum Gasteiger partial charge on any atom is 0.111 e. The van der Waals surface area contributed by atoms with Gasteiger partial charge >= 0.3 is 0 Å². The maximum absolute atomic E-state index is 8.96. The smallest absolute Gasteiger partial charge is 0.111 e. The summed E-state index contributed by atoms with van der Waals surface area (Å²) in [5.74, 6) is 0. The SMILES string of the molecule is OCC(O)C(O)C(O)C(O)CO.OCCCO. The summed E-state index contributed by atoms with van der Waals surface area (Å²) >= 11 is 0. The fourth-order valence-electron chi connectivity index (χ4n) is 0.742. The minimum Gasteiger partial charge on any atom is -0.396 e. The van der Waals surface area contributed by atoms with Crippen LogP contribution < -0.4 is 0 Å². The van der Waals surface area contributed by atoms with Crippen molar-refractivity contribution in [2.24, 2.45) is 0 Å². The second kappa shape index (κ2) is 12.1. The summed E-state index contributed by atoms with van der Waals surface area (Å²) in [6, 6.07) is 0. The van der Waals surface area contributed by atoms with E-state index in [0.717, 1.165) is 0 Å². The van der Waals surface area contributed by atoms with Gasteiger partial charge in [-0.1, -0.05) is 0 Å². The Balaban J connectivity index is 0. The number of aliphatic hydroxyl groups is 8. The van der Waals surface area contributed by atoms with Gasteiger partial charge in [-0.2, -0.15) is 0 Å². The summed E-state index contributed by atoms with van der Waals surface area (Å²) in [4.78, 5) is 0. The first-order chi connectivity index (χ1) is 7.95. The van der Waals surface area contributed by atoms with Gasteiger partial charge in [0.25, 0.3) is 0 Å². The van der Waals surface area contributed by atoms with Crippen LogP contribution in [-0.2, 0) is 0 Å². The first kappa shape index (κ1) is 19.0. The highest BCUT2D eigenvalue weighted by molar-refractivity contribution is 4.79. The number of rotatable bonds is 7. The quantitative estimate of drug-likeness (QED) is 0.228. The lowest BCUT2D eigenvalue weighted by Crippen LogP contribution is -2.46. The highest BCUT2D eigenvalue weighted by Gasteiger charge is 2.29. The standard InChI is InChI=1S/C6H14O6.C3H8O2/c7-1-3(9)5(11)6(12)4(10)2-8;4-2-1-3-5/h3-12H,1-2H2;4-5H,1-3H2. The van der Waals surface area contributed by atoms with Crippen LogP contribution in [0.3, 0.4) is 0 Å². The van der Waals surface area contributed by atoms with E-state index in [2.05, 4.69) is 0 Å². The Morgan fingerprint density at radius 2 is 0.882 bits per heavy atom. The molecule has 0 aliphatic carbocycles. The molecule has 0 aliphatic rings. The second-order valence-corrected chi connectivity index (χ2v) is 3.28. The molecule has 0 amide bonds. The Hall–Kier alpha value is -0.320. The van der Waals surface area contributed by atoms with Gasteiger partial charge < -0.3 is 40.9 Å². The number of aliphatic hydroxyl groups excluding tert-OH is 8. The third-order valence-electron chi connectivity index (χ3n) is 1.83. The molecule has 0 saturated carbocycles. The molecule has 0 aromatic rings. The van der Waals surface area contributed by atoms with E-state index in [1.54, 1.807) is 0 Å². The Morgan fingerprint density at radius 1 is 0.588 bits per heavy atom. The first-order valence-corrected chi connectivity index (χ1v) is 5.11. The molecule has 0 fully saturated rings. The van der Waals surface area contributed by atoms with E-state index in [0.29, 0.717) is 6.42 Å². The predicted octanol–water partition coefficient (Wildman–Crippen LogP) is -4.22. The van der Waals surface area contributed by atoms with E-state index in [4.69, 9.17) is 40.9 Å². The summed E-state index contributed by atoms with van der Waals surface area (Å²) in [5.41, 5.74) is 0. The van der Waals surface area contributed by atoms with Crippen LogP contribution in [-0.4, -0.2) is 91.7 Å². The van der Waals surface area contributed by atoms with Crippen molar-refractivity contribution >= 4 is 0 Å². The molecule has 0 saturated heterocycles. The van der Waals surface area contributed by atoms with Crippen LogP contribution >= 0.6 is 0 Å². The molecule has 4 unspecified atom stereocenters. The Morgan fingerprint density at radius 3 is 1.00 bits per heavy atom. The Bertz CT molecular complexity index is 140. The van der Waals surface area contributed by atoms with Crippen LogP contribution in [0.15, 0.2) is 0 Å². The van der Waals surface area contributed by atoms with Gasteiger partial charge in [0.1, 0.15) is 24.4 Å². The lowest BCUT2D eigenvalue weighted by molar-refractivity contribution is -0.123. The van der Waals surface area contributed by atoms with E-state index in [1.165, 1.54) is 0 Å². The molecule has 0 aromatic heterocycles. The highest BCUT2D eigenvalue weighted by Crippen LogP contribution is 2.03. The minimum absolute atomic E-state index is 0.0938. The van der Waals surface area contributed by atoms with Crippen LogP contribution in [0.25, 0.3) is 0 Å². The molecule has 0 aromatic carbocycles. The van der Waals surface area contributed by atoms with Crippen molar-refractivity contribution < 1.29 is 40.9 Å². The Kier molecular flexibility index (Phi) is 13.6. The van der Waals surface area contributed by atoms with Crippen LogP contribution in [0.4, 0.5) is 0 Å². The zero-order valence-corrected chi connectivity index (χ0v) is 9.42. The van der Waals surface area contributed by atoms with Crippen molar-refractivity contribution in [1.29, 1.82) is 0 Å². The highest BCUT2D eigenvalue weighted by atomic mass is 16.4. The average Bonchev–Trinajstić information content (AvgIpc) is 2.36. The van der Waals surface area contributed by atoms with Gasteiger partial charge in [-0.05, 0) is 6.42 Å². The Labute approximate surface area is 99.0 Å². The molecule has 0 spiro atoms. The van der Waals surface area contributed by atoms with Crippen LogP contribution in [0.2, 0.25) is 0 Å². The van der Waals surface area contributed by atoms with Crippen LogP contribution in [0.5, 0.6) is 0 Å². The van der Waals surface area contributed by atoms with Crippen molar-refractivity contribution in [3.05, 3.63) is 0 Å². The molecule has 0 rings (SSSR count). The summed E-state index contributed by atoms with van der Waals surface area (Å²) in [5, 5.41) is 68.0. The fourth-order valence-corrected chi connectivity index (χ4v) is 0.742. The first-order valence-electron chi connectivity index (χ1n) is 5.11. The molecule has 4 atom stereocenters. The van der Waals surface area contributed by atoms with Gasteiger partial charge in [0, 0.05) is 13.2 Å². The maximum atomic E-state index is 8.96. The molecule has 0 bridgehead atoms. The van der Waals surface area contributed by atoms with Crippen LogP contribution in [0, 0.1) is 0 Å². The topological polar surface area (TPSA) is 162 Å². The van der Waals surface area contributed by atoms with E-state index in [-0.39, 0.29) is 13.2 Å². The zero-order valence-electron chi connectivity index (χ0n) is 9.42. The van der Waals surface area contributed by atoms with Crippen molar-refractivity contribution in [2.45, 2.75) is 30.8 Å². The summed E-state index contributed by atoms with van der Waals surface area (Å²) in [6.07, 6.45) is -5.89. The molecule has 106 valence electrons. The molecule has 0 radical (unpaired) electrons. The average molecular weight is 258 g/mol. The molecule has 17 heavy (non-hydrogen) atoms. The third kappa shape index (κ3) is 9.39. The molecule has 8 heteroatoms. The van der Waals surface area contributed by atoms with Crippen molar-refractivity contribution in [1.82, 2.24) is 0 Å². The predicted molar refractivity (Wildman–Crippen MR) is 57.0 cm³/mol. The molecule has 8 nitrogen and oxygen atoms in total. The summed E-state index contributed by atoms with van der Waals surface area (Å²) in [7, 11) is 0. The van der Waals surface area contributed by atoms with Gasteiger partial charge in [-0.25, -0.2) is 0 Å². The van der Waals surface area contributed by atoms with E-state index in [9.17, 15) is 0 Å². The monoisotopic (exact) mass is 258 g/mol. The zero-order chi connectivity index (χ0) is 13.8. The van der Waals surface area contributed by atoms with Gasteiger partial charge in [-0.15, -0.1) is 0 Å². The molecule has 0 heterocycles. The van der Waals surface area contributed by atoms with E-state index in [1.807, 2.05) is 0 Å². The number of hydrogen-bond donors (Lipinski definition) is 8. The molecular formula is C9H22O8. The van der Waals surface area contributed by atoms with Crippen molar-refractivity contribution in [3.8, 4) is 0 Å². The van der Waals surface area contributed by atoms with Gasteiger partial charge in [0.2, 0.25) is 0 Å². The summed E-state index contributed by atoms with van der Waals surface area (Å²) < 4.78 is 0. The molecular weight excluding hydrogens is 236 g/mol. The van der Waals surface area contributed by atoms with Gasteiger partial charge in [0.15, 0.2) is 0 Å².